The molecule has 2 heteroatoms. The summed E-state index contributed by atoms with van der Waals surface area (Å²) in [5, 5.41) is 0. The van der Waals surface area contributed by atoms with Gasteiger partial charge in [-0.1, -0.05) is 52.1 Å². The summed E-state index contributed by atoms with van der Waals surface area (Å²) in [7, 11) is 0. The molecule has 2 unspecified atom stereocenters. The fraction of sp³-hybridized carbons (Fsp3) is 1.00. The molecule has 0 aliphatic rings. The number of hydrogen-bond donors (Lipinski definition) is 0. The molecule has 0 N–H and O–H groups in total. The molecule has 10 heavy (non-hydrogen) atoms. The van der Waals surface area contributed by atoms with Gasteiger partial charge in [0.25, 0.3) is 0 Å². The van der Waals surface area contributed by atoms with Crippen molar-refractivity contribution in [3.05, 3.63) is 0 Å². The van der Waals surface area contributed by atoms with Crippen LogP contribution in [-0.4, -0.2) is 9.15 Å². The van der Waals surface area contributed by atoms with Crippen LogP contribution >= 0.6 is 31.9 Å². The Hall–Kier alpha value is 0.960. The van der Waals surface area contributed by atoms with Crippen molar-refractivity contribution in [1.82, 2.24) is 0 Å². The number of halogens is 2. The maximum Gasteiger partial charge on any atom is 0.0352 e. The molecule has 0 amide bonds. The predicted octanol–water partition coefficient (Wildman–Crippen LogP) is 4.11. The molecular formula is C8H16Br2. The molecule has 2 atom stereocenters. The summed E-state index contributed by atoms with van der Waals surface area (Å²) in [5.41, 5.74) is 0. The van der Waals surface area contributed by atoms with E-state index in [0.29, 0.717) is 4.83 Å². The lowest BCUT2D eigenvalue weighted by atomic mass is 10.0. The van der Waals surface area contributed by atoms with Crippen molar-refractivity contribution in [2.45, 2.75) is 49.2 Å². The Morgan fingerprint density at radius 2 is 1.90 bits per heavy atom. The third kappa shape index (κ3) is 3.38. The van der Waals surface area contributed by atoms with Gasteiger partial charge in [0.1, 0.15) is 0 Å². The van der Waals surface area contributed by atoms with E-state index in [4.69, 9.17) is 0 Å². The maximum absolute atomic E-state index is 3.70. The van der Waals surface area contributed by atoms with Gasteiger partial charge in [-0.05, 0) is 19.8 Å². The Morgan fingerprint density at radius 1 is 1.40 bits per heavy atom. The summed E-state index contributed by atoms with van der Waals surface area (Å²) in [4.78, 5) is 0.606. The topological polar surface area (TPSA) is 0 Å². The third-order valence-electron chi connectivity index (χ3n) is 1.89. The van der Waals surface area contributed by atoms with E-state index >= 15 is 0 Å². The van der Waals surface area contributed by atoms with Crippen molar-refractivity contribution < 1.29 is 0 Å². The van der Waals surface area contributed by atoms with Gasteiger partial charge in [0.15, 0.2) is 0 Å². The van der Waals surface area contributed by atoms with E-state index in [9.17, 15) is 0 Å². The highest BCUT2D eigenvalue weighted by Crippen LogP contribution is 2.33. The van der Waals surface area contributed by atoms with Gasteiger partial charge in [-0.25, -0.2) is 0 Å². The Balaban J connectivity index is 3.78. The van der Waals surface area contributed by atoms with Crippen LogP contribution in [0.3, 0.4) is 0 Å². The summed E-state index contributed by atoms with van der Waals surface area (Å²) >= 11 is 7.37. The van der Waals surface area contributed by atoms with Gasteiger partial charge in [-0.3, -0.25) is 0 Å². The van der Waals surface area contributed by atoms with Gasteiger partial charge < -0.3 is 0 Å². The molecule has 0 heterocycles. The number of alkyl halides is 2. The first kappa shape index (κ1) is 11.0. The second-order valence-corrected chi connectivity index (χ2v) is 5.80. The van der Waals surface area contributed by atoms with E-state index in [1.807, 2.05) is 0 Å². The van der Waals surface area contributed by atoms with Crippen LogP contribution in [0.2, 0.25) is 0 Å². The molecule has 0 aromatic heterocycles. The first-order chi connectivity index (χ1) is 4.54. The SMILES string of the molecule is CCCC(Br)C(C)(Br)CC. The van der Waals surface area contributed by atoms with Crippen LogP contribution in [0.1, 0.15) is 40.0 Å². The normalized spacial score (nSPS) is 20.1. The highest BCUT2D eigenvalue weighted by atomic mass is 79.9. The minimum absolute atomic E-state index is 0.281. The second-order valence-electron chi connectivity index (χ2n) is 2.89. The average Bonchev–Trinajstić information content (AvgIpc) is 1.89. The van der Waals surface area contributed by atoms with Gasteiger partial charge in [-0.2, -0.15) is 0 Å². The zero-order valence-electron chi connectivity index (χ0n) is 6.95. The molecule has 0 saturated heterocycles. The van der Waals surface area contributed by atoms with E-state index in [2.05, 4.69) is 52.6 Å². The zero-order valence-corrected chi connectivity index (χ0v) is 10.1. The maximum atomic E-state index is 3.70. The molecule has 0 rings (SSSR count). The minimum Gasteiger partial charge on any atom is -0.0876 e. The van der Waals surface area contributed by atoms with Gasteiger partial charge >= 0.3 is 0 Å². The number of rotatable bonds is 4. The van der Waals surface area contributed by atoms with E-state index < -0.39 is 0 Å². The second kappa shape index (κ2) is 4.76. The Labute approximate surface area is 81.0 Å². The lowest BCUT2D eigenvalue weighted by molar-refractivity contribution is 0.572. The molecule has 0 aliphatic carbocycles. The van der Waals surface area contributed by atoms with Crippen molar-refractivity contribution in [3.8, 4) is 0 Å². The van der Waals surface area contributed by atoms with E-state index in [1.165, 1.54) is 19.3 Å². The molecule has 0 bridgehead atoms. The van der Waals surface area contributed by atoms with Crippen molar-refractivity contribution in [2.24, 2.45) is 0 Å². The quantitative estimate of drug-likeness (QED) is 0.675. The molecule has 0 aromatic rings. The lowest BCUT2D eigenvalue weighted by Gasteiger charge is -2.26. The molecule has 0 aliphatic heterocycles. The van der Waals surface area contributed by atoms with Crippen LogP contribution in [0.4, 0.5) is 0 Å². The van der Waals surface area contributed by atoms with Crippen LogP contribution < -0.4 is 0 Å². The summed E-state index contributed by atoms with van der Waals surface area (Å²) in [6, 6.07) is 0. The predicted molar refractivity (Wildman–Crippen MR) is 55.2 cm³/mol. The first-order valence-corrected chi connectivity index (χ1v) is 5.58. The molecular weight excluding hydrogens is 256 g/mol. The van der Waals surface area contributed by atoms with Crippen LogP contribution in [-0.2, 0) is 0 Å². The highest BCUT2D eigenvalue weighted by Gasteiger charge is 2.26. The fourth-order valence-electron chi connectivity index (χ4n) is 0.776. The van der Waals surface area contributed by atoms with Crippen molar-refractivity contribution in [1.29, 1.82) is 0 Å². The Bertz CT molecular complexity index is 89.3. The summed E-state index contributed by atoms with van der Waals surface area (Å²) in [6.07, 6.45) is 3.66. The van der Waals surface area contributed by atoms with Gasteiger partial charge in [0.2, 0.25) is 0 Å². The largest absolute Gasteiger partial charge is 0.0876 e. The molecule has 0 aromatic carbocycles. The lowest BCUT2D eigenvalue weighted by Crippen LogP contribution is -2.26. The number of hydrogen-bond acceptors (Lipinski definition) is 0. The van der Waals surface area contributed by atoms with E-state index in [1.54, 1.807) is 0 Å². The molecule has 0 saturated carbocycles. The van der Waals surface area contributed by atoms with Crippen molar-refractivity contribution >= 4 is 31.9 Å². The Kier molecular flexibility index (Phi) is 5.22. The molecule has 0 radical (unpaired) electrons. The smallest absolute Gasteiger partial charge is 0.0352 e. The van der Waals surface area contributed by atoms with Crippen molar-refractivity contribution in [2.75, 3.05) is 0 Å². The van der Waals surface area contributed by atoms with E-state index in [-0.39, 0.29) is 4.32 Å². The van der Waals surface area contributed by atoms with E-state index in [0.717, 1.165) is 0 Å². The monoisotopic (exact) mass is 270 g/mol. The minimum atomic E-state index is 0.281. The molecule has 0 fully saturated rings. The van der Waals surface area contributed by atoms with Gasteiger partial charge in [0.05, 0.1) is 0 Å². The summed E-state index contributed by atoms with van der Waals surface area (Å²) in [5.74, 6) is 0. The van der Waals surface area contributed by atoms with Gasteiger partial charge in [-0.15, -0.1) is 0 Å². The van der Waals surface area contributed by atoms with Crippen molar-refractivity contribution in [3.63, 3.8) is 0 Å². The zero-order chi connectivity index (χ0) is 8.20. The fourth-order valence-corrected chi connectivity index (χ4v) is 1.79. The Morgan fingerprint density at radius 3 is 2.20 bits per heavy atom. The average molecular weight is 272 g/mol. The van der Waals surface area contributed by atoms with Gasteiger partial charge in [0, 0.05) is 9.15 Å². The van der Waals surface area contributed by atoms with Crippen LogP contribution in [0.5, 0.6) is 0 Å². The standard InChI is InChI=1S/C8H16Br2/c1-4-6-7(9)8(3,10)5-2/h7H,4-6H2,1-3H3. The van der Waals surface area contributed by atoms with Crippen LogP contribution in [0.25, 0.3) is 0 Å². The highest BCUT2D eigenvalue weighted by molar-refractivity contribution is 9.12. The molecule has 0 spiro atoms. The summed E-state index contributed by atoms with van der Waals surface area (Å²) < 4.78 is 0.281. The molecule has 62 valence electrons. The first-order valence-electron chi connectivity index (χ1n) is 3.87. The third-order valence-corrected chi connectivity index (χ3v) is 5.08. The summed E-state index contributed by atoms with van der Waals surface area (Å²) in [6.45, 7) is 6.66. The van der Waals surface area contributed by atoms with Crippen LogP contribution in [0, 0.1) is 0 Å². The molecule has 0 nitrogen and oxygen atoms in total. The van der Waals surface area contributed by atoms with Crippen LogP contribution in [0.15, 0.2) is 0 Å².